The van der Waals surface area contributed by atoms with Crippen LogP contribution in [0.1, 0.15) is 16.7 Å². The molecule has 2 rings (SSSR count). The minimum atomic E-state index is 0.684. The van der Waals surface area contributed by atoms with Gasteiger partial charge in [-0.25, -0.2) is 0 Å². The molecule has 0 unspecified atom stereocenters. The fraction of sp³-hybridized carbons (Fsp3) is 0.188. The Labute approximate surface area is 122 Å². The molecular formula is C16H15BrN2. The number of anilines is 1. The second-order valence-electron chi connectivity index (χ2n) is 4.61. The van der Waals surface area contributed by atoms with Gasteiger partial charge in [-0.1, -0.05) is 45.8 Å². The number of hydrogen-bond donors (Lipinski definition) is 0. The van der Waals surface area contributed by atoms with Gasteiger partial charge in [0.15, 0.2) is 0 Å². The quantitative estimate of drug-likeness (QED) is 0.846. The van der Waals surface area contributed by atoms with Crippen LogP contribution in [0.5, 0.6) is 0 Å². The van der Waals surface area contributed by atoms with Crippen LogP contribution >= 0.6 is 15.9 Å². The minimum Gasteiger partial charge on any atom is -0.369 e. The third kappa shape index (κ3) is 3.36. The lowest BCUT2D eigenvalue weighted by atomic mass is 10.1. The fourth-order valence-corrected chi connectivity index (χ4v) is 2.34. The van der Waals surface area contributed by atoms with Gasteiger partial charge in [0.2, 0.25) is 0 Å². The van der Waals surface area contributed by atoms with Crippen LogP contribution in [0, 0.1) is 18.3 Å². The number of hydrogen-bond acceptors (Lipinski definition) is 2. The molecular weight excluding hydrogens is 300 g/mol. The van der Waals surface area contributed by atoms with Gasteiger partial charge >= 0.3 is 0 Å². The summed E-state index contributed by atoms with van der Waals surface area (Å²) in [7, 11) is 2.00. The van der Waals surface area contributed by atoms with Crippen LogP contribution < -0.4 is 4.90 Å². The van der Waals surface area contributed by atoms with E-state index in [-0.39, 0.29) is 0 Å². The Kier molecular flexibility index (Phi) is 4.24. The average Bonchev–Trinajstić information content (AvgIpc) is 2.41. The summed E-state index contributed by atoms with van der Waals surface area (Å²) in [6.45, 7) is 2.87. The maximum atomic E-state index is 9.20. The van der Waals surface area contributed by atoms with E-state index >= 15 is 0 Å². The SMILES string of the molecule is Cc1ccc(CN(C)c2ccc(Br)cc2C#N)cc1. The van der Waals surface area contributed by atoms with Crippen molar-refractivity contribution in [2.45, 2.75) is 13.5 Å². The molecule has 0 aliphatic rings. The third-order valence-corrected chi connectivity index (χ3v) is 3.52. The lowest BCUT2D eigenvalue weighted by Gasteiger charge is -2.21. The van der Waals surface area contributed by atoms with Gasteiger partial charge < -0.3 is 4.90 Å². The third-order valence-electron chi connectivity index (χ3n) is 3.03. The highest BCUT2D eigenvalue weighted by Gasteiger charge is 2.08. The van der Waals surface area contributed by atoms with Crippen molar-refractivity contribution in [2.75, 3.05) is 11.9 Å². The van der Waals surface area contributed by atoms with Crippen LogP contribution in [0.3, 0.4) is 0 Å². The molecule has 3 heteroatoms. The van der Waals surface area contributed by atoms with E-state index in [0.717, 1.165) is 16.7 Å². The second-order valence-corrected chi connectivity index (χ2v) is 5.53. The molecule has 96 valence electrons. The molecule has 2 aromatic rings. The maximum Gasteiger partial charge on any atom is 0.101 e. The smallest absolute Gasteiger partial charge is 0.101 e. The van der Waals surface area contributed by atoms with Crippen molar-refractivity contribution in [2.24, 2.45) is 0 Å². The number of nitrogens with zero attached hydrogens (tertiary/aromatic N) is 2. The molecule has 0 fully saturated rings. The Bertz CT molecular complexity index is 612. The van der Waals surface area contributed by atoms with Gasteiger partial charge in [-0.15, -0.1) is 0 Å². The lowest BCUT2D eigenvalue weighted by molar-refractivity contribution is 0.920. The number of nitriles is 1. The summed E-state index contributed by atoms with van der Waals surface area (Å²) < 4.78 is 0.927. The molecule has 0 amide bonds. The monoisotopic (exact) mass is 314 g/mol. The van der Waals surface area contributed by atoms with Crippen LogP contribution in [0.2, 0.25) is 0 Å². The molecule has 0 N–H and O–H groups in total. The average molecular weight is 315 g/mol. The van der Waals surface area contributed by atoms with E-state index < -0.39 is 0 Å². The summed E-state index contributed by atoms with van der Waals surface area (Å²) in [5.41, 5.74) is 4.13. The molecule has 0 saturated heterocycles. The van der Waals surface area contributed by atoms with E-state index in [0.29, 0.717) is 5.56 Å². The highest BCUT2D eigenvalue weighted by Crippen LogP contribution is 2.24. The van der Waals surface area contributed by atoms with E-state index in [1.54, 1.807) is 0 Å². The summed E-state index contributed by atoms with van der Waals surface area (Å²) in [6.07, 6.45) is 0. The Morgan fingerprint density at radius 1 is 1.16 bits per heavy atom. The normalized spacial score (nSPS) is 10.0. The number of halogens is 1. The zero-order chi connectivity index (χ0) is 13.8. The Morgan fingerprint density at radius 2 is 1.84 bits per heavy atom. The molecule has 0 spiro atoms. The Balaban J connectivity index is 2.23. The van der Waals surface area contributed by atoms with Gasteiger partial charge in [-0.3, -0.25) is 0 Å². The first kappa shape index (κ1) is 13.6. The molecule has 0 aliphatic heterocycles. The lowest BCUT2D eigenvalue weighted by Crippen LogP contribution is -2.17. The van der Waals surface area contributed by atoms with Crippen molar-refractivity contribution < 1.29 is 0 Å². The topological polar surface area (TPSA) is 27.0 Å². The Hall–Kier alpha value is -1.79. The summed E-state index contributed by atoms with van der Waals surface area (Å²) in [4.78, 5) is 2.09. The first-order valence-corrected chi connectivity index (χ1v) is 6.86. The van der Waals surface area contributed by atoms with E-state index in [1.807, 2.05) is 25.2 Å². The number of benzene rings is 2. The summed E-state index contributed by atoms with van der Waals surface area (Å²) in [5, 5.41) is 9.20. The molecule has 0 atom stereocenters. The van der Waals surface area contributed by atoms with E-state index in [1.165, 1.54) is 11.1 Å². The highest BCUT2D eigenvalue weighted by molar-refractivity contribution is 9.10. The van der Waals surface area contributed by atoms with Crippen molar-refractivity contribution in [3.8, 4) is 6.07 Å². The van der Waals surface area contributed by atoms with Crippen LogP contribution in [-0.4, -0.2) is 7.05 Å². The molecule has 0 bridgehead atoms. The van der Waals surface area contributed by atoms with Crippen molar-refractivity contribution in [1.82, 2.24) is 0 Å². The van der Waals surface area contributed by atoms with Gasteiger partial charge in [0.25, 0.3) is 0 Å². The molecule has 19 heavy (non-hydrogen) atoms. The van der Waals surface area contributed by atoms with Gasteiger partial charge in [-0.2, -0.15) is 5.26 Å². The predicted octanol–water partition coefficient (Wildman–Crippen LogP) is 4.27. The molecule has 2 nitrogen and oxygen atoms in total. The minimum absolute atomic E-state index is 0.684. The van der Waals surface area contributed by atoms with Crippen LogP contribution in [0.25, 0.3) is 0 Å². The first-order valence-electron chi connectivity index (χ1n) is 6.06. The molecule has 0 radical (unpaired) electrons. The zero-order valence-corrected chi connectivity index (χ0v) is 12.6. The Morgan fingerprint density at radius 3 is 2.47 bits per heavy atom. The van der Waals surface area contributed by atoms with E-state index in [4.69, 9.17) is 0 Å². The first-order chi connectivity index (χ1) is 9.10. The van der Waals surface area contributed by atoms with Crippen LogP contribution in [0.15, 0.2) is 46.9 Å². The van der Waals surface area contributed by atoms with Crippen molar-refractivity contribution in [1.29, 1.82) is 5.26 Å². The molecule has 0 saturated carbocycles. The largest absolute Gasteiger partial charge is 0.369 e. The van der Waals surface area contributed by atoms with Crippen molar-refractivity contribution in [3.05, 3.63) is 63.6 Å². The summed E-state index contributed by atoms with van der Waals surface area (Å²) in [6, 6.07) is 16.5. The predicted molar refractivity (Wildman–Crippen MR) is 82.1 cm³/mol. The maximum absolute atomic E-state index is 9.20. The fourth-order valence-electron chi connectivity index (χ4n) is 1.98. The zero-order valence-electron chi connectivity index (χ0n) is 11.0. The molecule has 0 heterocycles. The van der Waals surface area contributed by atoms with Gasteiger partial charge in [0.05, 0.1) is 11.3 Å². The van der Waals surface area contributed by atoms with Crippen molar-refractivity contribution in [3.63, 3.8) is 0 Å². The second kappa shape index (κ2) is 5.90. The van der Waals surface area contributed by atoms with Gasteiger partial charge in [0, 0.05) is 18.1 Å². The standard InChI is InChI=1S/C16H15BrN2/c1-12-3-5-13(6-4-12)11-19(2)16-8-7-15(17)9-14(16)10-18/h3-9H,11H2,1-2H3. The molecule has 2 aromatic carbocycles. The van der Waals surface area contributed by atoms with Crippen molar-refractivity contribution >= 4 is 21.6 Å². The highest BCUT2D eigenvalue weighted by atomic mass is 79.9. The molecule has 0 aliphatic carbocycles. The molecule has 0 aromatic heterocycles. The van der Waals surface area contributed by atoms with Gasteiger partial charge in [0.1, 0.15) is 6.07 Å². The summed E-state index contributed by atoms with van der Waals surface area (Å²) >= 11 is 3.39. The van der Waals surface area contributed by atoms with Crippen LogP contribution in [-0.2, 0) is 6.54 Å². The number of aryl methyl sites for hydroxylation is 1. The summed E-state index contributed by atoms with van der Waals surface area (Å²) in [5.74, 6) is 0. The van der Waals surface area contributed by atoms with E-state index in [2.05, 4.69) is 58.1 Å². The van der Waals surface area contributed by atoms with Crippen LogP contribution in [0.4, 0.5) is 5.69 Å². The van der Waals surface area contributed by atoms with E-state index in [9.17, 15) is 5.26 Å². The number of rotatable bonds is 3. The van der Waals surface area contributed by atoms with Gasteiger partial charge in [-0.05, 0) is 30.7 Å².